The number of nitrogens with zero attached hydrogens (tertiary/aromatic N) is 4. The summed E-state index contributed by atoms with van der Waals surface area (Å²) in [5.74, 6) is 1.51. The molecular weight excluding hydrogens is 204 g/mol. The molecule has 5 nitrogen and oxygen atoms in total. The molecule has 0 aromatic carbocycles. The van der Waals surface area contributed by atoms with Crippen molar-refractivity contribution in [3.63, 3.8) is 0 Å². The average molecular weight is 226 g/mol. The Morgan fingerprint density at radius 3 is 2.69 bits per heavy atom. The first-order chi connectivity index (χ1) is 7.54. The third-order valence-corrected chi connectivity index (χ3v) is 2.64. The first-order valence-corrected chi connectivity index (χ1v) is 5.72. The Morgan fingerprint density at radius 2 is 2.12 bits per heavy atom. The predicted octanol–water partition coefficient (Wildman–Crippen LogP) is 0.747. The van der Waals surface area contributed by atoms with Crippen LogP contribution in [-0.2, 0) is 13.1 Å². The van der Waals surface area contributed by atoms with Crippen molar-refractivity contribution in [3.8, 4) is 0 Å². The van der Waals surface area contributed by atoms with E-state index >= 15 is 0 Å². The third-order valence-electron chi connectivity index (χ3n) is 2.64. The summed E-state index contributed by atoms with van der Waals surface area (Å²) in [7, 11) is 1.98. The Bertz CT molecular complexity index is 311. The molecule has 0 saturated heterocycles. The summed E-state index contributed by atoms with van der Waals surface area (Å²) in [5, 5.41) is 13.3. The van der Waals surface area contributed by atoms with Crippen LogP contribution in [0.4, 0.5) is 0 Å². The summed E-state index contributed by atoms with van der Waals surface area (Å²) < 4.78 is 1.94. The van der Waals surface area contributed by atoms with E-state index in [0.29, 0.717) is 12.5 Å². The third kappa shape index (κ3) is 3.57. The van der Waals surface area contributed by atoms with Gasteiger partial charge >= 0.3 is 0 Å². The highest BCUT2D eigenvalue weighted by Crippen LogP contribution is 2.05. The molecule has 0 fully saturated rings. The monoisotopic (exact) mass is 226 g/mol. The van der Waals surface area contributed by atoms with E-state index in [4.69, 9.17) is 5.11 Å². The Kier molecular flexibility index (Phi) is 4.89. The molecule has 0 saturated carbocycles. The number of hydrogen-bond donors (Lipinski definition) is 1. The van der Waals surface area contributed by atoms with E-state index in [-0.39, 0.29) is 12.6 Å². The van der Waals surface area contributed by atoms with E-state index in [1.807, 2.05) is 18.7 Å². The molecule has 1 rings (SSSR count). The number of aliphatic hydroxyl groups is 1. The molecule has 0 amide bonds. The van der Waals surface area contributed by atoms with Gasteiger partial charge in [-0.15, -0.1) is 0 Å². The lowest BCUT2D eigenvalue weighted by molar-refractivity contribution is 0.149. The Hall–Kier alpha value is -0.940. The standard InChI is InChI=1S/C11H22N4O/c1-9(2)5-15-11(12-8-13-15)6-14(4)10(3)7-16/h8-10,16H,5-7H2,1-4H3. The largest absolute Gasteiger partial charge is 0.395 e. The van der Waals surface area contributed by atoms with Gasteiger partial charge in [0.2, 0.25) is 0 Å². The van der Waals surface area contributed by atoms with Crippen LogP contribution >= 0.6 is 0 Å². The van der Waals surface area contributed by atoms with Crippen LogP contribution in [0.25, 0.3) is 0 Å². The second-order valence-corrected chi connectivity index (χ2v) is 4.70. The maximum Gasteiger partial charge on any atom is 0.141 e. The second-order valence-electron chi connectivity index (χ2n) is 4.70. The average Bonchev–Trinajstić information content (AvgIpc) is 2.63. The van der Waals surface area contributed by atoms with Crippen molar-refractivity contribution in [2.45, 2.75) is 39.9 Å². The molecule has 5 heteroatoms. The maximum atomic E-state index is 9.06. The van der Waals surface area contributed by atoms with E-state index < -0.39 is 0 Å². The highest BCUT2D eigenvalue weighted by molar-refractivity contribution is 4.85. The van der Waals surface area contributed by atoms with Gasteiger partial charge < -0.3 is 5.11 Å². The lowest BCUT2D eigenvalue weighted by atomic mass is 10.2. The predicted molar refractivity (Wildman–Crippen MR) is 62.9 cm³/mol. The molecule has 16 heavy (non-hydrogen) atoms. The Morgan fingerprint density at radius 1 is 1.44 bits per heavy atom. The Labute approximate surface area is 97.1 Å². The summed E-state index contributed by atoms with van der Waals surface area (Å²) >= 11 is 0. The quantitative estimate of drug-likeness (QED) is 0.777. The van der Waals surface area contributed by atoms with E-state index in [1.165, 1.54) is 0 Å². The fraction of sp³-hybridized carbons (Fsp3) is 0.818. The highest BCUT2D eigenvalue weighted by Gasteiger charge is 2.12. The molecule has 1 heterocycles. The minimum atomic E-state index is 0.143. The molecule has 0 aliphatic carbocycles. The van der Waals surface area contributed by atoms with Crippen LogP contribution in [0.1, 0.15) is 26.6 Å². The zero-order valence-electron chi connectivity index (χ0n) is 10.6. The van der Waals surface area contributed by atoms with Gasteiger partial charge in [-0.3, -0.25) is 4.90 Å². The number of hydrogen-bond acceptors (Lipinski definition) is 4. The molecule has 0 bridgehead atoms. The maximum absolute atomic E-state index is 9.06. The zero-order chi connectivity index (χ0) is 12.1. The van der Waals surface area contributed by atoms with Crippen molar-refractivity contribution < 1.29 is 5.11 Å². The van der Waals surface area contributed by atoms with E-state index in [2.05, 4.69) is 28.8 Å². The molecule has 1 unspecified atom stereocenters. The van der Waals surface area contributed by atoms with Crippen LogP contribution in [-0.4, -0.2) is 44.5 Å². The number of aliphatic hydroxyl groups excluding tert-OH is 1. The van der Waals surface area contributed by atoms with Gasteiger partial charge in [0.05, 0.1) is 13.2 Å². The van der Waals surface area contributed by atoms with E-state index in [9.17, 15) is 0 Å². The SMILES string of the molecule is CC(C)Cn1ncnc1CN(C)C(C)CO. The smallest absolute Gasteiger partial charge is 0.141 e. The minimum Gasteiger partial charge on any atom is -0.395 e. The van der Waals surface area contributed by atoms with Crippen LogP contribution in [0.2, 0.25) is 0 Å². The Balaban J connectivity index is 2.62. The van der Waals surface area contributed by atoms with Gasteiger partial charge in [-0.05, 0) is 19.9 Å². The van der Waals surface area contributed by atoms with Gasteiger partial charge in [-0.2, -0.15) is 5.10 Å². The van der Waals surface area contributed by atoms with Gasteiger partial charge in [-0.1, -0.05) is 13.8 Å². The van der Waals surface area contributed by atoms with Crippen molar-refractivity contribution in [1.29, 1.82) is 0 Å². The molecule has 1 aromatic heterocycles. The molecule has 92 valence electrons. The molecule has 0 aliphatic heterocycles. The second kappa shape index (κ2) is 5.96. The van der Waals surface area contributed by atoms with Gasteiger partial charge in [-0.25, -0.2) is 9.67 Å². The molecule has 0 spiro atoms. The van der Waals surface area contributed by atoms with Crippen molar-refractivity contribution in [2.75, 3.05) is 13.7 Å². The van der Waals surface area contributed by atoms with Crippen molar-refractivity contribution in [3.05, 3.63) is 12.2 Å². The zero-order valence-corrected chi connectivity index (χ0v) is 10.6. The van der Waals surface area contributed by atoms with Crippen molar-refractivity contribution in [1.82, 2.24) is 19.7 Å². The molecular formula is C11H22N4O. The van der Waals surface area contributed by atoms with Gasteiger partial charge in [0.25, 0.3) is 0 Å². The minimum absolute atomic E-state index is 0.143. The van der Waals surface area contributed by atoms with Gasteiger partial charge in [0.15, 0.2) is 0 Å². The molecule has 1 N–H and O–H groups in total. The molecule has 1 aromatic rings. The normalized spacial score (nSPS) is 13.7. The van der Waals surface area contributed by atoms with E-state index in [1.54, 1.807) is 6.33 Å². The first kappa shape index (κ1) is 13.1. The van der Waals surface area contributed by atoms with Crippen molar-refractivity contribution in [2.24, 2.45) is 5.92 Å². The molecule has 0 aliphatic rings. The first-order valence-electron chi connectivity index (χ1n) is 5.72. The van der Waals surface area contributed by atoms with Gasteiger partial charge in [0, 0.05) is 12.6 Å². The topological polar surface area (TPSA) is 54.2 Å². The van der Waals surface area contributed by atoms with Crippen LogP contribution in [0, 0.1) is 5.92 Å². The van der Waals surface area contributed by atoms with Crippen LogP contribution < -0.4 is 0 Å². The van der Waals surface area contributed by atoms with E-state index in [0.717, 1.165) is 12.4 Å². The molecule has 1 atom stereocenters. The fourth-order valence-corrected chi connectivity index (χ4v) is 1.43. The number of rotatable bonds is 6. The lowest BCUT2D eigenvalue weighted by Gasteiger charge is -2.22. The van der Waals surface area contributed by atoms with Crippen LogP contribution in [0.3, 0.4) is 0 Å². The van der Waals surface area contributed by atoms with Gasteiger partial charge in [0.1, 0.15) is 12.2 Å². The van der Waals surface area contributed by atoms with Crippen molar-refractivity contribution >= 4 is 0 Å². The summed E-state index contributed by atoms with van der Waals surface area (Å²) in [6.45, 7) is 8.07. The summed E-state index contributed by atoms with van der Waals surface area (Å²) in [5.41, 5.74) is 0. The molecule has 0 radical (unpaired) electrons. The number of aromatic nitrogens is 3. The lowest BCUT2D eigenvalue weighted by Crippen LogP contribution is -2.32. The summed E-state index contributed by atoms with van der Waals surface area (Å²) in [4.78, 5) is 6.32. The summed E-state index contributed by atoms with van der Waals surface area (Å²) in [6.07, 6.45) is 1.59. The number of likely N-dealkylation sites (N-methyl/N-ethyl adjacent to an activating group) is 1. The van der Waals surface area contributed by atoms with Crippen LogP contribution in [0.15, 0.2) is 6.33 Å². The van der Waals surface area contributed by atoms with Crippen LogP contribution in [0.5, 0.6) is 0 Å². The summed E-state index contributed by atoms with van der Waals surface area (Å²) in [6, 6.07) is 0.143. The highest BCUT2D eigenvalue weighted by atomic mass is 16.3. The fourth-order valence-electron chi connectivity index (χ4n) is 1.43.